The van der Waals surface area contributed by atoms with Gasteiger partial charge in [-0.2, -0.15) is 0 Å². The standard InChI is InChI=1S/C17H17ClO3S/c1-13-4-10-16(11-5-13)22(20,21)12-2-3-17(19)14-6-8-15(18)9-7-14/h2,4-12,17,19H,3H2,1H3/b12-2+. The molecule has 2 aromatic rings. The number of sulfone groups is 1. The Bertz CT molecular complexity index is 747. The van der Waals surface area contributed by atoms with Gasteiger partial charge in [0.25, 0.3) is 0 Å². The Labute approximate surface area is 135 Å². The summed E-state index contributed by atoms with van der Waals surface area (Å²) in [7, 11) is -3.47. The van der Waals surface area contributed by atoms with Crippen molar-refractivity contribution in [2.24, 2.45) is 0 Å². The molecule has 0 saturated heterocycles. The zero-order valence-electron chi connectivity index (χ0n) is 12.1. The fourth-order valence-corrected chi connectivity index (χ4v) is 3.10. The van der Waals surface area contributed by atoms with Crippen molar-refractivity contribution < 1.29 is 13.5 Å². The Balaban J connectivity index is 2.05. The molecule has 1 atom stereocenters. The fourth-order valence-electron chi connectivity index (χ4n) is 1.94. The number of hydrogen-bond donors (Lipinski definition) is 1. The van der Waals surface area contributed by atoms with Crippen molar-refractivity contribution in [1.82, 2.24) is 0 Å². The lowest BCUT2D eigenvalue weighted by molar-refractivity contribution is 0.181. The van der Waals surface area contributed by atoms with Crippen LogP contribution in [0, 0.1) is 6.92 Å². The fraction of sp³-hybridized carbons (Fsp3) is 0.176. The third-order valence-electron chi connectivity index (χ3n) is 3.24. The molecule has 0 fully saturated rings. The predicted octanol–water partition coefficient (Wildman–Crippen LogP) is 4.06. The van der Waals surface area contributed by atoms with Crippen molar-refractivity contribution in [3.8, 4) is 0 Å². The minimum Gasteiger partial charge on any atom is -0.388 e. The van der Waals surface area contributed by atoms with Gasteiger partial charge in [-0.3, -0.25) is 0 Å². The van der Waals surface area contributed by atoms with E-state index in [-0.39, 0.29) is 11.3 Å². The van der Waals surface area contributed by atoms with Crippen molar-refractivity contribution in [3.05, 3.63) is 76.2 Å². The number of aliphatic hydroxyl groups excluding tert-OH is 1. The summed E-state index contributed by atoms with van der Waals surface area (Å²) in [5.74, 6) is 0. The van der Waals surface area contributed by atoms with E-state index in [1.807, 2.05) is 6.92 Å². The van der Waals surface area contributed by atoms with E-state index in [1.54, 1.807) is 48.5 Å². The highest BCUT2D eigenvalue weighted by atomic mass is 35.5. The number of halogens is 1. The highest BCUT2D eigenvalue weighted by Gasteiger charge is 2.10. The Morgan fingerprint density at radius 2 is 1.68 bits per heavy atom. The Hall–Kier alpha value is -1.62. The first-order chi connectivity index (χ1) is 10.4. The minimum absolute atomic E-state index is 0.215. The molecule has 2 rings (SSSR count). The molecule has 116 valence electrons. The smallest absolute Gasteiger partial charge is 0.199 e. The molecule has 0 aromatic heterocycles. The SMILES string of the molecule is Cc1ccc(S(=O)(=O)/C=C/CC(O)c2ccc(Cl)cc2)cc1. The van der Waals surface area contributed by atoms with Crippen LogP contribution in [0.2, 0.25) is 5.02 Å². The largest absolute Gasteiger partial charge is 0.388 e. The van der Waals surface area contributed by atoms with E-state index in [0.29, 0.717) is 10.6 Å². The molecule has 0 heterocycles. The van der Waals surface area contributed by atoms with Crippen LogP contribution >= 0.6 is 11.6 Å². The molecular weight excluding hydrogens is 320 g/mol. The maximum absolute atomic E-state index is 12.1. The number of aliphatic hydroxyl groups is 1. The molecule has 0 spiro atoms. The lowest BCUT2D eigenvalue weighted by atomic mass is 10.1. The van der Waals surface area contributed by atoms with E-state index >= 15 is 0 Å². The van der Waals surface area contributed by atoms with E-state index in [2.05, 4.69) is 0 Å². The summed E-state index contributed by atoms with van der Waals surface area (Å²) in [5.41, 5.74) is 1.70. The van der Waals surface area contributed by atoms with Crippen LogP contribution in [0.25, 0.3) is 0 Å². The van der Waals surface area contributed by atoms with Gasteiger partial charge >= 0.3 is 0 Å². The summed E-state index contributed by atoms with van der Waals surface area (Å²) < 4.78 is 24.2. The van der Waals surface area contributed by atoms with Crippen LogP contribution in [0.4, 0.5) is 0 Å². The molecule has 5 heteroatoms. The monoisotopic (exact) mass is 336 g/mol. The quantitative estimate of drug-likeness (QED) is 0.895. The first kappa shape index (κ1) is 16.7. The van der Waals surface area contributed by atoms with Gasteiger partial charge in [0.1, 0.15) is 0 Å². The molecule has 3 nitrogen and oxygen atoms in total. The summed E-state index contributed by atoms with van der Waals surface area (Å²) in [6.07, 6.45) is 0.919. The van der Waals surface area contributed by atoms with Gasteiger partial charge in [0.2, 0.25) is 0 Å². The minimum atomic E-state index is -3.47. The molecule has 0 aliphatic heterocycles. The molecule has 0 aliphatic carbocycles. The van der Waals surface area contributed by atoms with Crippen LogP contribution in [0.1, 0.15) is 23.7 Å². The summed E-state index contributed by atoms with van der Waals surface area (Å²) in [5, 5.41) is 11.8. The van der Waals surface area contributed by atoms with Gasteiger partial charge in [0.05, 0.1) is 11.0 Å². The normalized spacial score (nSPS) is 13.4. The molecule has 0 amide bonds. The van der Waals surface area contributed by atoms with Crippen LogP contribution in [0.15, 0.2) is 64.9 Å². The molecule has 1 unspecified atom stereocenters. The van der Waals surface area contributed by atoms with Crippen molar-refractivity contribution >= 4 is 21.4 Å². The van der Waals surface area contributed by atoms with Crippen molar-refractivity contribution in [3.63, 3.8) is 0 Å². The van der Waals surface area contributed by atoms with Gasteiger partial charge in [-0.25, -0.2) is 8.42 Å². The van der Waals surface area contributed by atoms with E-state index in [0.717, 1.165) is 11.0 Å². The van der Waals surface area contributed by atoms with Gasteiger partial charge in [0, 0.05) is 10.4 Å². The van der Waals surface area contributed by atoms with Crippen molar-refractivity contribution in [2.45, 2.75) is 24.3 Å². The number of benzene rings is 2. The topological polar surface area (TPSA) is 54.4 Å². The van der Waals surface area contributed by atoms with Crippen molar-refractivity contribution in [1.29, 1.82) is 0 Å². The second kappa shape index (κ2) is 7.09. The molecule has 0 bridgehead atoms. The Morgan fingerprint density at radius 1 is 1.09 bits per heavy atom. The number of hydrogen-bond acceptors (Lipinski definition) is 3. The first-order valence-corrected chi connectivity index (χ1v) is 8.73. The average molecular weight is 337 g/mol. The molecule has 0 aliphatic rings. The molecule has 2 aromatic carbocycles. The third-order valence-corrected chi connectivity index (χ3v) is 4.97. The zero-order chi connectivity index (χ0) is 16.2. The highest BCUT2D eigenvalue weighted by Crippen LogP contribution is 2.20. The van der Waals surface area contributed by atoms with E-state index in [9.17, 15) is 13.5 Å². The zero-order valence-corrected chi connectivity index (χ0v) is 13.7. The number of aryl methyl sites for hydroxylation is 1. The Morgan fingerprint density at radius 3 is 2.27 bits per heavy atom. The molecule has 22 heavy (non-hydrogen) atoms. The van der Waals surface area contributed by atoms with Gasteiger partial charge in [-0.1, -0.05) is 47.5 Å². The van der Waals surface area contributed by atoms with Gasteiger partial charge in [-0.15, -0.1) is 0 Å². The third kappa shape index (κ3) is 4.44. The first-order valence-electron chi connectivity index (χ1n) is 6.80. The summed E-state index contributed by atoms with van der Waals surface area (Å²) in [6.45, 7) is 1.90. The molecular formula is C17H17ClO3S. The second-order valence-corrected chi connectivity index (χ2v) is 7.30. The van der Waals surface area contributed by atoms with E-state index in [1.165, 1.54) is 6.08 Å². The summed E-state index contributed by atoms with van der Waals surface area (Å²) >= 11 is 5.78. The highest BCUT2D eigenvalue weighted by molar-refractivity contribution is 7.94. The maximum Gasteiger partial charge on any atom is 0.199 e. The second-order valence-electron chi connectivity index (χ2n) is 5.03. The number of rotatable bonds is 5. The van der Waals surface area contributed by atoms with Crippen LogP contribution in [0.5, 0.6) is 0 Å². The van der Waals surface area contributed by atoms with E-state index in [4.69, 9.17) is 11.6 Å². The average Bonchev–Trinajstić information content (AvgIpc) is 2.48. The lowest BCUT2D eigenvalue weighted by Crippen LogP contribution is -1.98. The van der Waals surface area contributed by atoms with Gasteiger partial charge in [-0.05, 0) is 43.2 Å². The van der Waals surface area contributed by atoms with Crippen LogP contribution in [-0.4, -0.2) is 13.5 Å². The van der Waals surface area contributed by atoms with Gasteiger partial charge in [0.15, 0.2) is 9.84 Å². The molecule has 0 radical (unpaired) electrons. The Kier molecular flexibility index (Phi) is 5.40. The van der Waals surface area contributed by atoms with Crippen LogP contribution < -0.4 is 0 Å². The van der Waals surface area contributed by atoms with Gasteiger partial charge < -0.3 is 5.11 Å². The molecule has 0 saturated carbocycles. The van der Waals surface area contributed by atoms with Crippen LogP contribution in [0.3, 0.4) is 0 Å². The molecule has 1 N–H and O–H groups in total. The lowest BCUT2D eigenvalue weighted by Gasteiger charge is -2.08. The maximum atomic E-state index is 12.1. The summed E-state index contributed by atoms with van der Waals surface area (Å²) in [6, 6.07) is 13.5. The van der Waals surface area contributed by atoms with Crippen LogP contribution in [-0.2, 0) is 9.84 Å². The predicted molar refractivity (Wildman–Crippen MR) is 88.5 cm³/mol. The summed E-state index contributed by atoms with van der Waals surface area (Å²) in [4.78, 5) is 0.246. The van der Waals surface area contributed by atoms with Crippen molar-refractivity contribution in [2.75, 3.05) is 0 Å². The van der Waals surface area contributed by atoms with E-state index < -0.39 is 15.9 Å².